The van der Waals surface area contributed by atoms with Gasteiger partial charge in [0.15, 0.2) is 11.5 Å². The predicted molar refractivity (Wildman–Crippen MR) is 124 cm³/mol. The van der Waals surface area contributed by atoms with Gasteiger partial charge in [-0.05, 0) is 32.6 Å². The summed E-state index contributed by atoms with van der Waals surface area (Å²) in [6.07, 6.45) is 0.567. The van der Waals surface area contributed by atoms with E-state index in [1.54, 1.807) is 13.8 Å². The molecule has 2 unspecified atom stereocenters. The number of rotatable bonds is 15. The number of amides is 3. The van der Waals surface area contributed by atoms with Crippen molar-refractivity contribution >= 4 is 23.5 Å². The number of aryl methyl sites for hydroxylation is 1. The maximum atomic E-state index is 13.1. The van der Waals surface area contributed by atoms with Gasteiger partial charge in [0, 0.05) is 26.9 Å². The Hall–Kier alpha value is -2.83. The van der Waals surface area contributed by atoms with Crippen LogP contribution in [0.1, 0.15) is 49.9 Å². The smallest absolute Gasteiger partial charge is 0.274 e. The first kappa shape index (κ1) is 28.4. The third-order valence-corrected chi connectivity index (χ3v) is 5.50. The van der Waals surface area contributed by atoms with Crippen LogP contribution in [0.25, 0.3) is 0 Å². The summed E-state index contributed by atoms with van der Waals surface area (Å²) in [5, 5.41) is 11.6. The molecule has 35 heavy (non-hydrogen) atoms. The summed E-state index contributed by atoms with van der Waals surface area (Å²) in [6.45, 7) is 7.55. The summed E-state index contributed by atoms with van der Waals surface area (Å²) < 4.78 is 20.3. The molecule has 1 aliphatic heterocycles. The molecule has 12 nitrogen and oxygen atoms in total. The maximum Gasteiger partial charge on any atom is 0.274 e. The third kappa shape index (κ3) is 8.41. The highest BCUT2D eigenvalue weighted by atomic mass is 16.6. The van der Waals surface area contributed by atoms with Gasteiger partial charge in [-0.15, -0.1) is 0 Å². The van der Waals surface area contributed by atoms with Crippen molar-refractivity contribution in [3.63, 3.8) is 0 Å². The van der Waals surface area contributed by atoms with Crippen LogP contribution in [-0.4, -0.2) is 86.4 Å². The molecular formula is C23H36N4O8. The normalized spacial score (nSPS) is 19.5. The lowest BCUT2D eigenvalue weighted by atomic mass is 9.93. The number of ketones is 1. The monoisotopic (exact) mass is 496 g/mol. The van der Waals surface area contributed by atoms with Crippen LogP contribution >= 0.6 is 0 Å². The molecule has 0 saturated carbocycles. The second-order valence-electron chi connectivity index (χ2n) is 9.22. The number of hydrogen-bond donors (Lipinski definition) is 3. The van der Waals surface area contributed by atoms with Crippen LogP contribution in [0.5, 0.6) is 0 Å². The van der Waals surface area contributed by atoms with Crippen LogP contribution in [-0.2, 0) is 28.6 Å². The van der Waals surface area contributed by atoms with Gasteiger partial charge >= 0.3 is 0 Å². The average molecular weight is 497 g/mol. The van der Waals surface area contributed by atoms with Gasteiger partial charge in [0.25, 0.3) is 5.91 Å². The number of nitrogens with zero attached hydrogens (tertiary/aromatic N) is 1. The van der Waals surface area contributed by atoms with Crippen molar-refractivity contribution in [3.05, 3.63) is 17.5 Å². The van der Waals surface area contributed by atoms with Crippen molar-refractivity contribution in [2.45, 2.75) is 64.3 Å². The van der Waals surface area contributed by atoms with Gasteiger partial charge in [-0.1, -0.05) is 19.0 Å². The molecule has 1 aromatic rings. The quantitative estimate of drug-likeness (QED) is 0.287. The minimum absolute atomic E-state index is 0.0229. The lowest BCUT2D eigenvalue weighted by Crippen LogP contribution is -2.58. The summed E-state index contributed by atoms with van der Waals surface area (Å²) >= 11 is 0. The Balaban J connectivity index is 2.10. The van der Waals surface area contributed by atoms with E-state index in [1.165, 1.54) is 20.3 Å². The molecule has 12 heteroatoms. The molecule has 1 fully saturated rings. The maximum absolute atomic E-state index is 13.1. The Morgan fingerprint density at radius 3 is 2.20 bits per heavy atom. The van der Waals surface area contributed by atoms with Crippen molar-refractivity contribution in [1.29, 1.82) is 0 Å². The molecule has 0 spiro atoms. The van der Waals surface area contributed by atoms with E-state index in [1.807, 2.05) is 13.8 Å². The summed E-state index contributed by atoms with van der Waals surface area (Å²) in [5.74, 6) is -1.43. The Bertz CT molecular complexity index is 896. The molecule has 0 radical (unpaired) electrons. The van der Waals surface area contributed by atoms with Crippen molar-refractivity contribution in [3.8, 4) is 0 Å². The molecule has 1 aromatic heterocycles. The molecular weight excluding hydrogens is 460 g/mol. The summed E-state index contributed by atoms with van der Waals surface area (Å²) in [5.41, 5.74) is -0.878. The first-order chi connectivity index (χ1) is 16.5. The van der Waals surface area contributed by atoms with E-state index < -0.39 is 41.4 Å². The number of methoxy groups -OCH3 is 2. The Morgan fingerprint density at radius 1 is 1.06 bits per heavy atom. The standard InChI is InChI=1S/C23H36N4O8/c1-13(2)9-16(19(28)23(4)12-34-23)25-22(31)18(11-33-6)26-20(29)15(7-8-32-5)24-21(30)17-10-14(3)35-27-17/h10,13,15-16,18H,7-9,11-12H2,1-6H3,(H,24,30)(H,25,31)(H,26,29)/t15?,16?,18-,23+/m0/s1. The minimum Gasteiger partial charge on any atom is -0.385 e. The fourth-order valence-electron chi connectivity index (χ4n) is 3.43. The van der Waals surface area contributed by atoms with Gasteiger partial charge in [0.2, 0.25) is 11.8 Å². The lowest BCUT2D eigenvalue weighted by Gasteiger charge is -2.26. The van der Waals surface area contributed by atoms with Crippen LogP contribution in [0, 0.1) is 12.8 Å². The molecule has 0 bridgehead atoms. The summed E-state index contributed by atoms with van der Waals surface area (Å²) in [6, 6.07) is -1.44. The highest BCUT2D eigenvalue weighted by molar-refractivity contribution is 5.99. The number of epoxide rings is 1. The van der Waals surface area contributed by atoms with E-state index in [0.717, 1.165) is 0 Å². The van der Waals surface area contributed by atoms with Gasteiger partial charge in [-0.3, -0.25) is 19.2 Å². The zero-order valence-corrected chi connectivity index (χ0v) is 21.1. The van der Waals surface area contributed by atoms with Crippen molar-refractivity contribution in [2.24, 2.45) is 5.92 Å². The average Bonchev–Trinajstić information content (AvgIpc) is 3.40. The summed E-state index contributed by atoms with van der Waals surface area (Å²) in [4.78, 5) is 51.4. The van der Waals surface area contributed by atoms with E-state index in [9.17, 15) is 19.2 Å². The first-order valence-electron chi connectivity index (χ1n) is 11.5. The van der Waals surface area contributed by atoms with E-state index in [-0.39, 0.29) is 37.0 Å². The van der Waals surface area contributed by atoms with Crippen LogP contribution < -0.4 is 16.0 Å². The number of aromatic nitrogens is 1. The molecule has 1 aliphatic rings. The van der Waals surface area contributed by atoms with Crippen molar-refractivity contribution in [1.82, 2.24) is 21.1 Å². The van der Waals surface area contributed by atoms with Crippen molar-refractivity contribution in [2.75, 3.05) is 34.0 Å². The molecule has 2 heterocycles. The first-order valence-corrected chi connectivity index (χ1v) is 11.5. The predicted octanol–water partition coefficient (Wildman–Crippen LogP) is 0.138. The molecule has 0 aromatic carbocycles. The van der Waals surface area contributed by atoms with Gasteiger partial charge in [0.1, 0.15) is 23.4 Å². The number of Topliss-reactive ketones (excluding diaryl/α,β-unsaturated/α-hetero) is 1. The third-order valence-electron chi connectivity index (χ3n) is 5.50. The molecule has 3 amide bonds. The number of carbonyl (C=O) groups excluding carboxylic acids is 4. The van der Waals surface area contributed by atoms with Gasteiger partial charge in [-0.25, -0.2) is 0 Å². The Kier molecular flexibility index (Phi) is 10.3. The van der Waals surface area contributed by atoms with Gasteiger partial charge in [-0.2, -0.15) is 0 Å². The highest BCUT2D eigenvalue weighted by Gasteiger charge is 2.50. The zero-order valence-electron chi connectivity index (χ0n) is 21.1. The van der Waals surface area contributed by atoms with Crippen LogP contribution in [0.3, 0.4) is 0 Å². The van der Waals surface area contributed by atoms with Crippen LogP contribution in [0.15, 0.2) is 10.6 Å². The Labute approximate surface area is 204 Å². The molecule has 4 atom stereocenters. The van der Waals surface area contributed by atoms with Crippen LogP contribution in [0.2, 0.25) is 0 Å². The fourth-order valence-corrected chi connectivity index (χ4v) is 3.43. The minimum atomic E-state index is -1.10. The Morgan fingerprint density at radius 2 is 1.69 bits per heavy atom. The molecule has 3 N–H and O–H groups in total. The van der Waals surface area contributed by atoms with E-state index in [2.05, 4.69) is 21.1 Å². The zero-order chi connectivity index (χ0) is 26.2. The number of nitrogens with one attached hydrogen (secondary N) is 3. The highest BCUT2D eigenvalue weighted by Crippen LogP contribution is 2.29. The second-order valence-corrected chi connectivity index (χ2v) is 9.22. The molecule has 2 rings (SSSR count). The largest absolute Gasteiger partial charge is 0.385 e. The number of carbonyl (C=O) groups is 4. The topological polar surface area (TPSA) is 161 Å². The molecule has 196 valence electrons. The molecule has 0 aliphatic carbocycles. The van der Waals surface area contributed by atoms with Gasteiger partial charge in [0.05, 0.1) is 19.3 Å². The fraction of sp³-hybridized carbons (Fsp3) is 0.696. The number of hydrogen-bond acceptors (Lipinski definition) is 9. The van der Waals surface area contributed by atoms with E-state index in [0.29, 0.717) is 18.8 Å². The second kappa shape index (κ2) is 12.8. The van der Waals surface area contributed by atoms with Gasteiger partial charge < -0.3 is 34.7 Å². The van der Waals surface area contributed by atoms with Crippen LogP contribution in [0.4, 0.5) is 0 Å². The summed E-state index contributed by atoms with van der Waals surface area (Å²) in [7, 11) is 2.86. The lowest BCUT2D eigenvalue weighted by molar-refractivity contribution is -0.134. The SMILES string of the molecule is COCCC(NC(=O)c1cc(C)on1)C(=O)N[C@@H](COC)C(=O)NC(CC(C)C)C(=O)[C@@]1(C)CO1. The van der Waals surface area contributed by atoms with E-state index in [4.69, 9.17) is 18.7 Å². The van der Waals surface area contributed by atoms with E-state index >= 15 is 0 Å². The molecule has 1 saturated heterocycles. The number of ether oxygens (including phenoxy) is 3. The van der Waals surface area contributed by atoms with Crippen molar-refractivity contribution < 1.29 is 37.9 Å².